The van der Waals surface area contributed by atoms with Gasteiger partial charge in [0.2, 0.25) is 11.8 Å². The van der Waals surface area contributed by atoms with E-state index in [0.717, 1.165) is 17.5 Å². The Morgan fingerprint density at radius 3 is 1.45 bits per heavy atom. The van der Waals surface area contributed by atoms with Gasteiger partial charge < -0.3 is 10.2 Å². The first-order chi connectivity index (χ1) is 14.0. The van der Waals surface area contributed by atoms with Crippen LogP contribution < -0.4 is 10.9 Å². The van der Waals surface area contributed by atoms with Gasteiger partial charge in [-0.05, 0) is 72.5 Å². The van der Waals surface area contributed by atoms with E-state index in [1.165, 1.54) is 36.7 Å². The van der Waals surface area contributed by atoms with Crippen LogP contribution in [0.1, 0.15) is 43.2 Å². The molecule has 0 saturated carbocycles. The Kier molecular flexibility index (Phi) is 8.88. The second-order valence-electron chi connectivity index (χ2n) is 6.33. The highest BCUT2D eigenvalue weighted by molar-refractivity contribution is 5.83. The van der Waals surface area contributed by atoms with E-state index < -0.39 is 0 Å². The maximum atomic E-state index is 11.7. The third kappa shape index (κ3) is 9.18. The first-order valence-corrected chi connectivity index (χ1v) is 9.25. The van der Waals surface area contributed by atoms with E-state index in [0.29, 0.717) is 25.7 Å². The number of unbranched alkanes of at least 4 members (excludes halogenated alkanes) is 2. The summed E-state index contributed by atoms with van der Waals surface area (Å²) < 4.78 is 0. The van der Waals surface area contributed by atoms with E-state index >= 15 is 0 Å². The first-order valence-electron chi connectivity index (χ1n) is 9.25. The molecule has 2 rings (SSSR count). The molecule has 0 bridgehead atoms. The van der Waals surface area contributed by atoms with Gasteiger partial charge in [0, 0.05) is 12.8 Å². The zero-order valence-corrected chi connectivity index (χ0v) is 15.9. The van der Waals surface area contributed by atoms with E-state index in [1.807, 2.05) is 0 Å². The van der Waals surface area contributed by atoms with Gasteiger partial charge in [-0.2, -0.15) is 10.2 Å². The van der Waals surface area contributed by atoms with Gasteiger partial charge in [0.1, 0.15) is 11.5 Å². The van der Waals surface area contributed by atoms with Crippen LogP contribution >= 0.6 is 0 Å². The van der Waals surface area contributed by atoms with Crippen molar-refractivity contribution in [3.8, 4) is 11.5 Å². The normalized spacial score (nSPS) is 11.0. The number of amides is 2. The van der Waals surface area contributed by atoms with Gasteiger partial charge >= 0.3 is 0 Å². The van der Waals surface area contributed by atoms with E-state index in [9.17, 15) is 19.8 Å². The molecule has 8 heteroatoms. The Balaban J connectivity index is 1.53. The van der Waals surface area contributed by atoms with Crippen molar-refractivity contribution in [1.29, 1.82) is 0 Å². The molecule has 0 radical (unpaired) electrons. The molecule has 2 aromatic rings. The monoisotopic (exact) mass is 396 g/mol. The summed E-state index contributed by atoms with van der Waals surface area (Å²) in [7, 11) is 0. The summed E-state index contributed by atoms with van der Waals surface area (Å²) in [4.78, 5) is 23.4. The fourth-order valence-electron chi connectivity index (χ4n) is 2.34. The van der Waals surface area contributed by atoms with Gasteiger partial charge in [0.25, 0.3) is 0 Å². The first kappa shape index (κ1) is 21.6. The molecule has 0 aliphatic heterocycles. The molecule has 2 aromatic carbocycles. The number of hydrogen-bond acceptors (Lipinski definition) is 6. The number of carbonyl (C=O) groups is 2. The van der Waals surface area contributed by atoms with E-state index in [-0.39, 0.29) is 23.3 Å². The molecule has 2 amide bonds. The molecule has 0 aromatic heterocycles. The van der Waals surface area contributed by atoms with E-state index in [2.05, 4.69) is 21.1 Å². The van der Waals surface area contributed by atoms with Gasteiger partial charge in [-0.15, -0.1) is 0 Å². The fourth-order valence-corrected chi connectivity index (χ4v) is 2.34. The van der Waals surface area contributed by atoms with Crippen LogP contribution in [0.4, 0.5) is 0 Å². The van der Waals surface area contributed by atoms with Gasteiger partial charge in [-0.1, -0.05) is 6.42 Å². The lowest BCUT2D eigenvalue weighted by molar-refractivity contribution is -0.121. The highest BCUT2D eigenvalue weighted by Crippen LogP contribution is 2.08. The van der Waals surface area contributed by atoms with Crippen LogP contribution in [0.2, 0.25) is 0 Å². The number of benzene rings is 2. The number of hydrogen-bond donors (Lipinski definition) is 4. The van der Waals surface area contributed by atoms with E-state index in [1.54, 1.807) is 24.3 Å². The van der Waals surface area contributed by atoms with Crippen LogP contribution in [0.3, 0.4) is 0 Å². The predicted octanol–water partition coefficient (Wildman–Crippen LogP) is 2.65. The summed E-state index contributed by atoms with van der Waals surface area (Å²) in [5.41, 5.74) is 6.42. The van der Waals surface area contributed by atoms with Crippen LogP contribution in [-0.4, -0.2) is 34.5 Å². The number of nitrogens with zero attached hydrogens (tertiary/aromatic N) is 2. The lowest BCUT2D eigenvalue weighted by Gasteiger charge is -2.01. The number of nitrogens with one attached hydrogen (secondary N) is 2. The quantitative estimate of drug-likeness (QED) is 0.280. The smallest absolute Gasteiger partial charge is 0.240 e. The molecule has 0 aliphatic carbocycles. The van der Waals surface area contributed by atoms with Gasteiger partial charge in [-0.25, -0.2) is 10.9 Å². The Hall–Kier alpha value is -3.68. The van der Waals surface area contributed by atoms with Crippen molar-refractivity contribution in [2.75, 3.05) is 0 Å². The molecule has 0 fully saturated rings. The minimum Gasteiger partial charge on any atom is -0.508 e. The maximum Gasteiger partial charge on any atom is 0.240 e. The summed E-state index contributed by atoms with van der Waals surface area (Å²) in [6.45, 7) is 0. The average molecular weight is 396 g/mol. The van der Waals surface area contributed by atoms with Crippen LogP contribution in [-0.2, 0) is 9.59 Å². The molecule has 29 heavy (non-hydrogen) atoms. The minimum absolute atomic E-state index is 0.170. The molecule has 4 N–H and O–H groups in total. The van der Waals surface area contributed by atoms with Crippen molar-refractivity contribution in [1.82, 2.24) is 10.9 Å². The Morgan fingerprint density at radius 2 is 1.07 bits per heavy atom. The van der Waals surface area contributed by atoms with Gasteiger partial charge in [0.15, 0.2) is 0 Å². The van der Waals surface area contributed by atoms with Crippen molar-refractivity contribution in [2.45, 2.75) is 32.1 Å². The molecule has 0 aliphatic rings. The molecule has 152 valence electrons. The molecular formula is C21H24N4O4. The van der Waals surface area contributed by atoms with Crippen molar-refractivity contribution < 1.29 is 19.8 Å². The molecule has 8 nitrogen and oxygen atoms in total. The highest BCUT2D eigenvalue weighted by Gasteiger charge is 2.02. The number of hydrazone groups is 2. The lowest BCUT2D eigenvalue weighted by atomic mass is 10.1. The summed E-state index contributed by atoms with van der Waals surface area (Å²) >= 11 is 0. The van der Waals surface area contributed by atoms with Crippen molar-refractivity contribution >= 4 is 24.2 Å². The largest absolute Gasteiger partial charge is 0.508 e. The number of phenols is 2. The average Bonchev–Trinajstić information content (AvgIpc) is 2.71. The van der Waals surface area contributed by atoms with Crippen LogP contribution in [0.25, 0.3) is 0 Å². The summed E-state index contributed by atoms with van der Waals surface area (Å²) in [6, 6.07) is 12.9. The van der Waals surface area contributed by atoms with Crippen LogP contribution in [0.15, 0.2) is 58.7 Å². The summed E-state index contributed by atoms with van der Waals surface area (Å²) in [5.74, 6) is -0.0426. The van der Waals surface area contributed by atoms with Crippen LogP contribution in [0.5, 0.6) is 11.5 Å². The highest BCUT2D eigenvalue weighted by atomic mass is 16.3. The summed E-state index contributed by atoms with van der Waals surface area (Å²) in [5, 5.41) is 26.1. The van der Waals surface area contributed by atoms with Gasteiger partial charge in [-0.3, -0.25) is 9.59 Å². The number of carbonyl (C=O) groups excluding carboxylic acids is 2. The van der Waals surface area contributed by atoms with Crippen molar-refractivity contribution in [3.05, 3.63) is 59.7 Å². The lowest BCUT2D eigenvalue weighted by Crippen LogP contribution is -2.18. The van der Waals surface area contributed by atoms with E-state index in [4.69, 9.17) is 0 Å². The number of rotatable bonds is 10. The molecular weight excluding hydrogens is 372 g/mol. The maximum absolute atomic E-state index is 11.7. The molecule has 0 atom stereocenters. The zero-order valence-electron chi connectivity index (χ0n) is 15.9. The number of aromatic hydroxyl groups is 2. The predicted molar refractivity (Wildman–Crippen MR) is 111 cm³/mol. The van der Waals surface area contributed by atoms with Gasteiger partial charge in [0.05, 0.1) is 12.4 Å². The van der Waals surface area contributed by atoms with Crippen molar-refractivity contribution in [2.24, 2.45) is 10.2 Å². The third-order valence-corrected chi connectivity index (χ3v) is 3.90. The summed E-state index contributed by atoms with van der Waals surface area (Å²) in [6.07, 6.45) is 5.71. The topological polar surface area (TPSA) is 123 Å². The molecule has 0 heterocycles. The van der Waals surface area contributed by atoms with Crippen LogP contribution in [0, 0.1) is 0 Å². The number of phenolic OH excluding ortho intramolecular Hbond substituents is 2. The molecule has 0 saturated heterocycles. The van der Waals surface area contributed by atoms with Crippen molar-refractivity contribution in [3.63, 3.8) is 0 Å². The fraction of sp³-hybridized carbons (Fsp3) is 0.238. The minimum atomic E-state index is -0.192. The Bertz CT molecular complexity index is 774. The molecule has 0 spiro atoms. The standard InChI is InChI=1S/C21H24N4O4/c26-18-10-6-16(7-11-18)14-22-24-20(28)4-2-1-3-5-21(29)25-23-15-17-8-12-19(27)13-9-17/h6-15,26-27H,1-5H2,(H,24,28)(H,25,29). The zero-order chi connectivity index (χ0) is 20.9. The SMILES string of the molecule is O=C(CCCCCC(=O)NN=Cc1ccc(O)cc1)NN=Cc1ccc(O)cc1. The molecule has 0 unspecified atom stereocenters. The third-order valence-electron chi connectivity index (χ3n) is 3.90. The Morgan fingerprint density at radius 1 is 0.690 bits per heavy atom. The second-order valence-corrected chi connectivity index (χ2v) is 6.33. The Labute approximate surface area is 169 Å². The second kappa shape index (κ2) is 11.9.